The summed E-state index contributed by atoms with van der Waals surface area (Å²) in [6.07, 6.45) is 4.54. The number of aliphatic carboxylic acids is 1. The van der Waals surface area contributed by atoms with Crippen LogP contribution in [-0.2, 0) is 9.59 Å². The number of carbonyl (C=O) groups excluding carboxylic acids is 1. The van der Waals surface area contributed by atoms with Crippen LogP contribution >= 0.6 is 0 Å². The van der Waals surface area contributed by atoms with E-state index < -0.39 is 11.9 Å². The van der Waals surface area contributed by atoms with Crippen LogP contribution in [0.5, 0.6) is 0 Å². The van der Waals surface area contributed by atoms with Gasteiger partial charge in [0.1, 0.15) is 0 Å². The van der Waals surface area contributed by atoms with Crippen LogP contribution in [0.2, 0.25) is 0 Å². The molecule has 0 bridgehead atoms. The van der Waals surface area contributed by atoms with E-state index in [1.807, 2.05) is 4.90 Å². The Labute approximate surface area is 115 Å². The molecule has 108 valence electrons. The lowest BCUT2D eigenvalue weighted by atomic mass is 9.71. The lowest BCUT2D eigenvalue weighted by molar-refractivity contribution is -0.141. The van der Waals surface area contributed by atoms with Crippen molar-refractivity contribution < 1.29 is 14.7 Å². The number of hydrogen-bond donors (Lipinski definition) is 1. The lowest BCUT2D eigenvalue weighted by Gasteiger charge is -2.40. The second-order valence-electron chi connectivity index (χ2n) is 7.16. The van der Waals surface area contributed by atoms with Crippen molar-refractivity contribution in [1.82, 2.24) is 4.90 Å². The average Bonchev–Trinajstić information content (AvgIpc) is 2.70. The van der Waals surface area contributed by atoms with Crippen molar-refractivity contribution in [2.75, 3.05) is 6.54 Å². The van der Waals surface area contributed by atoms with Crippen LogP contribution in [0.1, 0.15) is 52.9 Å². The molecule has 0 aromatic carbocycles. The van der Waals surface area contributed by atoms with Crippen molar-refractivity contribution in [3.05, 3.63) is 0 Å². The maximum absolute atomic E-state index is 11.9. The summed E-state index contributed by atoms with van der Waals surface area (Å²) >= 11 is 0. The van der Waals surface area contributed by atoms with Crippen LogP contribution in [0, 0.1) is 17.3 Å². The van der Waals surface area contributed by atoms with E-state index in [2.05, 4.69) is 20.8 Å². The molecule has 1 amide bonds. The van der Waals surface area contributed by atoms with E-state index >= 15 is 0 Å². The third-order valence-corrected chi connectivity index (χ3v) is 4.87. The Hall–Kier alpha value is -1.06. The first-order chi connectivity index (χ1) is 8.79. The number of hydrogen-bond acceptors (Lipinski definition) is 2. The number of rotatable bonds is 2. The molecule has 19 heavy (non-hydrogen) atoms. The Balaban J connectivity index is 1.92. The van der Waals surface area contributed by atoms with Gasteiger partial charge in [0.25, 0.3) is 0 Å². The largest absolute Gasteiger partial charge is 0.481 e. The molecule has 0 unspecified atom stereocenters. The fourth-order valence-corrected chi connectivity index (χ4v) is 3.50. The smallest absolute Gasteiger partial charge is 0.308 e. The summed E-state index contributed by atoms with van der Waals surface area (Å²) in [7, 11) is 0. The van der Waals surface area contributed by atoms with Crippen LogP contribution < -0.4 is 0 Å². The Kier molecular flexibility index (Phi) is 3.88. The molecule has 2 fully saturated rings. The predicted octanol–water partition coefficient (Wildman–Crippen LogP) is 2.52. The highest BCUT2D eigenvalue weighted by Gasteiger charge is 2.40. The van der Waals surface area contributed by atoms with Gasteiger partial charge in [-0.25, -0.2) is 0 Å². The van der Waals surface area contributed by atoms with Crippen LogP contribution in [0.3, 0.4) is 0 Å². The molecule has 2 aliphatic rings. The lowest BCUT2D eigenvalue weighted by Crippen LogP contribution is -2.41. The van der Waals surface area contributed by atoms with Crippen molar-refractivity contribution in [1.29, 1.82) is 0 Å². The predicted molar refractivity (Wildman–Crippen MR) is 72.7 cm³/mol. The standard InChI is InChI=1S/C15H25NO3/c1-15(2,3)11-4-6-12(7-5-11)16-9-10(14(18)19)8-13(16)17/h10-12H,4-9H2,1-3H3,(H,18,19)/t10-,11?,12?/m0/s1. The highest BCUT2D eigenvalue weighted by atomic mass is 16.4. The Bertz CT molecular complexity index is 364. The van der Waals surface area contributed by atoms with Gasteiger partial charge in [-0.2, -0.15) is 0 Å². The fraction of sp³-hybridized carbons (Fsp3) is 0.867. The van der Waals surface area contributed by atoms with E-state index in [0.29, 0.717) is 12.0 Å². The Morgan fingerprint density at radius 3 is 2.21 bits per heavy atom. The highest BCUT2D eigenvalue weighted by molar-refractivity contribution is 5.86. The topological polar surface area (TPSA) is 57.6 Å². The molecule has 0 aromatic rings. The first-order valence-corrected chi connectivity index (χ1v) is 7.31. The van der Waals surface area contributed by atoms with Gasteiger partial charge in [0.2, 0.25) is 5.91 Å². The minimum Gasteiger partial charge on any atom is -0.481 e. The van der Waals surface area contributed by atoms with E-state index in [1.165, 1.54) is 0 Å². The zero-order valence-electron chi connectivity index (χ0n) is 12.2. The summed E-state index contributed by atoms with van der Waals surface area (Å²) in [5, 5.41) is 9.02. The molecular formula is C15H25NO3. The summed E-state index contributed by atoms with van der Waals surface area (Å²) in [5.74, 6) is -0.574. The highest BCUT2D eigenvalue weighted by Crippen LogP contribution is 2.40. The number of carbonyl (C=O) groups is 2. The van der Waals surface area contributed by atoms with Gasteiger partial charge in [-0.1, -0.05) is 20.8 Å². The van der Waals surface area contributed by atoms with Crippen LogP contribution in [0.4, 0.5) is 0 Å². The van der Waals surface area contributed by atoms with E-state index in [0.717, 1.165) is 31.6 Å². The maximum Gasteiger partial charge on any atom is 0.308 e. The van der Waals surface area contributed by atoms with Gasteiger partial charge in [-0.15, -0.1) is 0 Å². The Morgan fingerprint density at radius 2 is 1.79 bits per heavy atom. The van der Waals surface area contributed by atoms with Gasteiger partial charge >= 0.3 is 5.97 Å². The molecule has 1 atom stereocenters. The van der Waals surface area contributed by atoms with Gasteiger partial charge in [-0.3, -0.25) is 9.59 Å². The van der Waals surface area contributed by atoms with E-state index in [9.17, 15) is 9.59 Å². The van der Waals surface area contributed by atoms with Crippen LogP contribution in [0.15, 0.2) is 0 Å². The molecule has 0 spiro atoms. The molecule has 4 heteroatoms. The quantitative estimate of drug-likeness (QED) is 0.836. The minimum atomic E-state index is -0.834. The molecule has 1 aliphatic carbocycles. The molecule has 4 nitrogen and oxygen atoms in total. The first kappa shape index (κ1) is 14.4. The average molecular weight is 267 g/mol. The second-order valence-corrected chi connectivity index (χ2v) is 7.16. The maximum atomic E-state index is 11.9. The summed E-state index contributed by atoms with van der Waals surface area (Å²) in [5.41, 5.74) is 0.337. The van der Waals surface area contributed by atoms with Crippen molar-refractivity contribution >= 4 is 11.9 Å². The van der Waals surface area contributed by atoms with E-state index in [1.54, 1.807) is 0 Å². The van der Waals surface area contributed by atoms with Gasteiger partial charge in [0, 0.05) is 19.0 Å². The summed E-state index contributed by atoms with van der Waals surface area (Å²) < 4.78 is 0. The van der Waals surface area contributed by atoms with Crippen LogP contribution in [-0.4, -0.2) is 34.5 Å². The minimum absolute atomic E-state index is 0.0339. The molecule has 0 aromatic heterocycles. The third-order valence-electron chi connectivity index (χ3n) is 4.87. The SMILES string of the molecule is CC(C)(C)C1CCC(N2C[C@@H](C(=O)O)CC2=O)CC1. The number of carboxylic acids is 1. The third kappa shape index (κ3) is 3.10. The zero-order valence-corrected chi connectivity index (χ0v) is 12.2. The van der Waals surface area contributed by atoms with Gasteiger partial charge in [0.05, 0.1) is 5.92 Å². The second kappa shape index (κ2) is 5.14. The number of nitrogens with zero attached hydrogens (tertiary/aromatic N) is 1. The molecule has 2 rings (SSSR count). The van der Waals surface area contributed by atoms with Gasteiger partial charge < -0.3 is 10.0 Å². The van der Waals surface area contributed by atoms with Crippen LogP contribution in [0.25, 0.3) is 0 Å². The van der Waals surface area contributed by atoms with Gasteiger partial charge in [-0.05, 0) is 37.0 Å². The fourth-order valence-electron chi connectivity index (χ4n) is 3.50. The number of likely N-dealkylation sites (tertiary alicyclic amines) is 1. The van der Waals surface area contributed by atoms with Crippen molar-refractivity contribution in [3.8, 4) is 0 Å². The van der Waals surface area contributed by atoms with Crippen molar-refractivity contribution in [2.45, 2.75) is 58.9 Å². The van der Waals surface area contributed by atoms with Crippen molar-refractivity contribution in [3.63, 3.8) is 0 Å². The van der Waals surface area contributed by atoms with E-state index in [-0.39, 0.29) is 18.4 Å². The summed E-state index contributed by atoms with van der Waals surface area (Å²) in [6, 6.07) is 0.274. The number of amides is 1. The number of carboxylic acid groups (broad SMARTS) is 1. The molecular weight excluding hydrogens is 242 g/mol. The first-order valence-electron chi connectivity index (χ1n) is 7.31. The summed E-state index contributed by atoms with van der Waals surface area (Å²) in [4.78, 5) is 24.7. The molecule has 0 radical (unpaired) electrons. The van der Waals surface area contributed by atoms with E-state index in [4.69, 9.17) is 5.11 Å². The summed E-state index contributed by atoms with van der Waals surface area (Å²) in [6.45, 7) is 7.25. The van der Waals surface area contributed by atoms with Gasteiger partial charge in [0.15, 0.2) is 0 Å². The monoisotopic (exact) mass is 267 g/mol. The normalized spacial score (nSPS) is 32.7. The van der Waals surface area contributed by atoms with Crippen molar-refractivity contribution in [2.24, 2.45) is 17.3 Å². The molecule has 1 aliphatic heterocycles. The molecule has 1 heterocycles. The Morgan fingerprint density at radius 1 is 1.21 bits per heavy atom. The zero-order chi connectivity index (χ0) is 14.2. The molecule has 1 saturated heterocycles. The molecule has 1 saturated carbocycles. The molecule has 1 N–H and O–H groups in total.